The fourth-order valence-electron chi connectivity index (χ4n) is 2.91. The van der Waals surface area contributed by atoms with Crippen LogP contribution in [0.5, 0.6) is 0 Å². The van der Waals surface area contributed by atoms with Crippen molar-refractivity contribution in [2.45, 2.75) is 25.3 Å². The van der Waals surface area contributed by atoms with Crippen molar-refractivity contribution >= 4 is 29.9 Å². The molecule has 1 aliphatic heterocycles. The molecule has 1 aliphatic rings. The number of hydrogen-bond acceptors (Lipinski definition) is 3. The standard InChI is InChI=1S/C16H19ClN4O.ClH/c17-13-7-2-1-6-12(13)14-9-15(20-19-14)16(22)21-8-4-3-5-11(21)10-18;/h1-2,6-7,9,11H,3-5,8,10,18H2,(H,19,20);1H. The van der Waals surface area contributed by atoms with Gasteiger partial charge in [-0.1, -0.05) is 29.8 Å². The molecule has 1 saturated heterocycles. The van der Waals surface area contributed by atoms with Gasteiger partial charge in [0.2, 0.25) is 0 Å². The molecule has 0 spiro atoms. The number of rotatable bonds is 3. The van der Waals surface area contributed by atoms with Gasteiger partial charge in [-0.15, -0.1) is 12.4 Å². The van der Waals surface area contributed by atoms with Crippen molar-refractivity contribution < 1.29 is 4.79 Å². The summed E-state index contributed by atoms with van der Waals surface area (Å²) in [4.78, 5) is 14.5. The molecule has 124 valence electrons. The fraction of sp³-hybridized carbons (Fsp3) is 0.375. The second-order valence-corrected chi connectivity index (χ2v) is 5.94. The maximum absolute atomic E-state index is 12.7. The summed E-state index contributed by atoms with van der Waals surface area (Å²) < 4.78 is 0. The van der Waals surface area contributed by atoms with Gasteiger partial charge in [0.25, 0.3) is 5.91 Å². The predicted octanol–water partition coefficient (Wildman–Crippen LogP) is 3.11. The number of likely N-dealkylation sites (tertiary alicyclic amines) is 1. The molecule has 1 unspecified atom stereocenters. The molecule has 1 amide bonds. The summed E-state index contributed by atoms with van der Waals surface area (Å²) in [7, 11) is 0. The quantitative estimate of drug-likeness (QED) is 0.888. The van der Waals surface area contributed by atoms with Gasteiger partial charge in [0.1, 0.15) is 5.69 Å². The topological polar surface area (TPSA) is 75.0 Å². The van der Waals surface area contributed by atoms with Crippen LogP contribution in [-0.4, -0.2) is 40.1 Å². The number of aromatic nitrogens is 2. The minimum absolute atomic E-state index is 0. The van der Waals surface area contributed by atoms with Crippen molar-refractivity contribution in [3.05, 3.63) is 41.0 Å². The Morgan fingerprint density at radius 2 is 2.17 bits per heavy atom. The minimum Gasteiger partial charge on any atom is -0.333 e. The first-order chi connectivity index (χ1) is 10.7. The molecular formula is C16H20Cl2N4O. The lowest BCUT2D eigenvalue weighted by molar-refractivity contribution is 0.0617. The maximum atomic E-state index is 12.7. The molecule has 1 aromatic carbocycles. The lowest BCUT2D eigenvalue weighted by Gasteiger charge is -2.34. The average Bonchev–Trinajstić information content (AvgIpc) is 3.04. The van der Waals surface area contributed by atoms with Crippen LogP contribution in [0.2, 0.25) is 5.02 Å². The van der Waals surface area contributed by atoms with Crippen molar-refractivity contribution in [2.75, 3.05) is 13.1 Å². The SMILES string of the molecule is Cl.NCC1CCCCN1C(=O)c1cc(-c2ccccc2Cl)n[nH]1. The molecule has 7 heteroatoms. The van der Waals surface area contributed by atoms with Gasteiger partial charge in [-0.25, -0.2) is 0 Å². The van der Waals surface area contributed by atoms with Crippen molar-refractivity contribution in [3.63, 3.8) is 0 Å². The monoisotopic (exact) mass is 354 g/mol. The molecule has 23 heavy (non-hydrogen) atoms. The van der Waals surface area contributed by atoms with Crippen LogP contribution in [0.25, 0.3) is 11.3 Å². The molecule has 1 fully saturated rings. The third-order valence-electron chi connectivity index (χ3n) is 4.12. The van der Waals surface area contributed by atoms with E-state index in [0.29, 0.717) is 23.0 Å². The molecule has 0 aliphatic carbocycles. The van der Waals surface area contributed by atoms with Gasteiger partial charge >= 0.3 is 0 Å². The zero-order valence-electron chi connectivity index (χ0n) is 12.7. The van der Waals surface area contributed by atoms with Gasteiger partial charge in [-0.05, 0) is 31.4 Å². The number of hydrogen-bond donors (Lipinski definition) is 2. The first-order valence-corrected chi connectivity index (χ1v) is 7.90. The second kappa shape index (κ2) is 7.81. The molecule has 0 saturated carbocycles. The number of carbonyl (C=O) groups is 1. The van der Waals surface area contributed by atoms with Crippen LogP contribution < -0.4 is 5.73 Å². The largest absolute Gasteiger partial charge is 0.333 e. The number of nitrogens with zero attached hydrogens (tertiary/aromatic N) is 2. The summed E-state index contributed by atoms with van der Waals surface area (Å²) >= 11 is 6.18. The van der Waals surface area contributed by atoms with E-state index < -0.39 is 0 Å². The Kier molecular flexibility index (Phi) is 6.04. The average molecular weight is 355 g/mol. The van der Waals surface area contributed by atoms with E-state index in [2.05, 4.69) is 10.2 Å². The molecular weight excluding hydrogens is 335 g/mol. The first kappa shape index (κ1) is 17.8. The van der Waals surface area contributed by atoms with Gasteiger partial charge < -0.3 is 10.6 Å². The highest BCUT2D eigenvalue weighted by molar-refractivity contribution is 6.33. The molecule has 2 heterocycles. The van der Waals surface area contributed by atoms with E-state index in [1.807, 2.05) is 29.2 Å². The number of aromatic amines is 1. The smallest absolute Gasteiger partial charge is 0.272 e. The molecule has 3 N–H and O–H groups in total. The lowest BCUT2D eigenvalue weighted by atomic mass is 10.0. The number of nitrogens with one attached hydrogen (secondary N) is 1. The molecule has 1 aromatic heterocycles. The highest BCUT2D eigenvalue weighted by atomic mass is 35.5. The highest BCUT2D eigenvalue weighted by Crippen LogP contribution is 2.27. The second-order valence-electron chi connectivity index (χ2n) is 5.53. The molecule has 5 nitrogen and oxygen atoms in total. The van der Waals surface area contributed by atoms with E-state index >= 15 is 0 Å². The third-order valence-corrected chi connectivity index (χ3v) is 4.45. The van der Waals surface area contributed by atoms with E-state index in [1.165, 1.54) is 0 Å². The van der Waals surface area contributed by atoms with Gasteiger partial charge in [0.05, 0.1) is 10.7 Å². The summed E-state index contributed by atoms with van der Waals surface area (Å²) in [5.74, 6) is -0.0408. The summed E-state index contributed by atoms with van der Waals surface area (Å²) in [5.41, 5.74) is 7.76. The van der Waals surface area contributed by atoms with Crippen molar-refractivity contribution in [1.29, 1.82) is 0 Å². The summed E-state index contributed by atoms with van der Waals surface area (Å²) in [5, 5.41) is 7.67. The Morgan fingerprint density at radius 1 is 1.39 bits per heavy atom. The molecule has 2 aromatic rings. The van der Waals surface area contributed by atoms with Crippen LogP contribution in [0.4, 0.5) is 0 Å². The Balaban J connectivity index is 0.00000192. The third kappa shape index (κ3) is 3.68. The van der Waals surface area contributed by atoms with E-state index in [4.69, 9.17) is 17.3 Å². The Bertz CT molecular complexity index is 674. The number of carbonyl (C=O) groups excluding carboxylic acids is 1. The van der Waals surface area contributed by atoms with Crippen LogP contribution in [0, 0.1) is 0 Å². The van der Waals surface area contributed by atoms with Gasteiger partial charge in [0, 0.05) is 24.7 Å². The fourth-order valence-corrected chi connectivity index (χ4v) is 3.14. The number of halogens is 2. The summed E-state index contributed by atoms with van der Waals surface area (Å²) in [6, 6.07) is 9.33. The lowest BCUT2D eigenvalue weighted by Crippen LogP contribution is -2.47. The Labute approximate surface area is 146 Å². The number of benzene rings is 1. The number of nitrogens with two attached hydrogens (primary N) is 1. The number of H-pyrrole nitrogens is 1. The van der Waals surface area contributed by atoms with Crippen LogP contribution in [0.1, 0.15) is 29.8 Å². The van der Waals surface area contributed by atoms with Crippen molar-refractivity contribution in [3.8, 4) is 11.3 Å². The van der Waals surface area contributed by atoms with E-state index in [-0.39, 0.29) is 24.4 Å². The Morgan fingerprint density at radius 3 is 2.91 bits per heavy atom. The van der Waals surface area contributed by atoms with E-state index in [9.17, 15) is 4.79 Å². The van der Waals surface area contributed by atoms with Gasteiger partial charge in [-0.3, -0.25) is 9.89 Å². The molecule has 0 radical (unpaired) electrons. The zero-order chi connectivity index (χ0) is 15.5. The van der Waals surface area contributed by atoms with Crippen molar-refractivity contribution in [2.24, 2.45) is 5.73 Å². The van der Waals surface area contributed by atoms with Crippen LogP contribution in [0.15, 0.2) is 30.3 Å². The minimum atomic E-state index is -0.0408. The first-order valence-electron chi connectivity index (χ1n) is 7.52. The normalized spacial score (nSPS) is 17.7. The Hall–Kier alpha value is -1.56. The van der Waals surface area contributed by atoms with Crippen LogP contribution in [-0.2, 0) is 0 Å². The van der Waals surface area contributed by atoms with E-state index in [0.717, 1.165) is 31.4 Å². The predicted molar refractivity (Wildman–Crippen MR) is 94.0 cm³/mol. The summed E-state index contributed by atoms with van der Waals surface area (Å²) in [6.07, 6.45) is 3.11. The molecule has 0 bridgehead atoms. The number of amides is 1. The van der Waals surface area contributed by atoms with Crippen LogP contribution in [0.3, 0.4) is 0 Å². The van der Waals surface area contributed by atoms with Gasteiger partial charge in [0.15, 0.2) is 0 Å². The number of piperidine rings is 1. The van der Waals surface area contributed by atoms with Gasteiger partial charge in [-0.2, -0.15) is 5.10 Å². The van der Waals surface area contributed by atoms with E-state index in [1.54, 1.807) is 6.07 Å². The maximum Gasteiger partial charge on any atom is 0.272 e. The van der Waals surface area contributed by atoms with Crippen molar-refractivity contribution in [1.82, 2.24) is 15.1 Å². The van der Waals surface area contributed by atoms with Crippen LogP contribution >= 0.6 is 24.0 Å². The molecule has 1 atom stereocenters. The zero-order valence-corrected chi connectivity index (χ0v) is 14.2. The molecule has 3 rings (SSSR count). The summed E-state index contributed by atoms with van der Waals surface area (Å²) in [6.45, 7) is 1.25. The highest BCUT2D eigenvalue weighted by Gasteiger charge is 2.27.